The Bertz CT molecular complexity index is 982. The zero-order chi connectivity index (χ0) is 22.4. The van der Waals surface area contributed by atoms with Crippen LogP contribution < -0.4 is 0 Å². The largest absolute Gasteiger partial charge is 0.508 e. The van der Waals surface area contributed by atoms with Gasteiger partial charge >= 0.3 is 13.2 Å². The maximum atomic E-state index is 13.1. The maximum absolute atomic E-state index is 13.1. The average Bonchev–Trinajstić information content (AvgIpc) is 2.99. The molecule has 4 rings (SSSR count). The van der Waals surface area contributed by atoms with E-state index in [0.29, 0.717) is 26.0 Å². The number of benzene rings is 1. The molecule has 3 amide bonds. The smallest absolute Gasteiger partial charge is 0.487 e. The number of phenols is 1. The van der Waals surface area contributed by atoms with Crippen LogP contribution in [-0.2, 0) is 23.7 Å². The summed E-state index contributed by atoms with van der Waals surface area (Å²) in [5.74, 6) is -3.43. The highest BCUT2D eigenvalue weighted by Crippen LogP contribution is 2.52. The Morgan fingerprint density at radius 3 is 2.71 bits per heavy atom. The van der Waals surface area contributed by atoms with Crippen molar-refractivity contribution in [3.63, 3.8) is 0 Å². The van der Waals surface area contributed by atoms with Gasteiger partial charge in [-0.05, 0) is 48.0 Å². The monoisotopic (exact) mass is 493 g/mol. The molecular weight excluding hydrogens is 473 g/mol. The van der Waals surface area contributed by atoms with Crippen LogP contribution in [-0.4, -0.2) is 60.9 Å². The Morgan fingerprint density at radius 1 is 1.29 bits per heavy atom. The molecule has 2 saturated heterocycles. The molecule has 0 radical (unpaired) electrons. The summed E-state index contributed by atoms with van der Waals surface area (Å²) >= 11 is 3.36. The lowest BCUT2D eigenvalue weighted by Crippen LogP contribution is -2.45. The van der Waals surface area contributed by atoms with Crippen molar-refractivity contribution in [1.29, 1.82) is 0 Å². The molecule has 0 unspecified atom stereocenters. The van der Waals surface area contributed by atoms with Crippen molar-refractivity contribution in [2.45, 2.75) is 18.9 Å². The van der Waals surface area contributed by atoms with Crippen LogP contribution in [0.25, 0.3) is 0 Å². The SMILES string of the molecule is COCC1=C2B(O)O[C@H](c3cc(Br)ccc3O)C[C@H]2[C@H]2C(=O)N(C(=O)OC)C(=O)[C@H]2C1. The molecule has 2 aliphatic heterocycles. The number of phenolic OH excluding ortho intramolecular Hbond substituents is 1. The summed E-state index contributed by atoms with van der Waals surface area (Å²) in [6, 6.07) is 4.86. The van der Waals surface area contributed by atoms with E-state index < -0.39 is 48.9 Å². The first-order valence-electron chi connectivity index (χ1n) is 9.76. The Kier molecular flexibility index (Phi) is 5.95. The number of carbonyl (C=O) groups is 3. The number of hydrogen-bond donors (Lipinski definition) is 2. The van der Waals surface area contributed by atoms with Gasteiger partial charge in [0.1, 0.15) is 5.75 Å². The summed E-state index contributed by atoms with van der Waals surface area (Å²) in [5, 5.41) is 21.2. The second kappa shape index (κ2) is 8.38. The van der Waals surface area contributed by atoms with E-state index in [2.05, 4.69) is 20.7 Å². The minimum atomic E-state index is -1.34. The minimum absolute atomic E-state index is 0.0117. The van der Waals surface area contributed by atoms with Gasteiger partial charge in [0.25, 0.3) is 0 Å². The highest BCUT2D eigenvalue weighted by molar-refractivity contribution is 9.10. The summed E-state index contributed by atoms with van der Waals surface area (Å²) in [5.41, 5.74) is 1.62. The van der Waals surface area contributed by atoms with Crippen LogP contribution in [0.4, 0.5) is 4.79 Å². The third-order valence-electron chi connectivity index (χ3n) is 6.22. The van der Waals surface area contributed by atoms with Gasteiger partial charge in [0.2, 0.25) is 11.8 Å². The number of hydrogen-bond acceptors (Lipinski definition) is 8. The van der Waals surface area contributed by atoms with Gasteiger partial charge in [-0.25, -0.2) is 4.79 Å². The van der Waals surface area contributed by atoms with E-state index in [1.165, 1.54) is 13.2 Å². The Labute approximate surface area is 187 Å². The molecule has 2 fully saturated rings. The van der Waals surface area contributed by atoms with E-state index in [4.69, 9.17) is 9.39 Å². The fraction of sp³-hybridized carbons (Fsp3) is 0.450. The fourth-order valence-electron chi connectivity index (χ4n) is 4.97. The van der Waals surface area contributed by atoms with Gasteiger partial charge in [-0.3, -0.25) is 9.59 Å². The molecule has 0 spiro atoms. The number of ether oxygens (including phenoxy) is 2. The number of nitrogens with zero attached hydrogens (tertiary/aromatic N) is 1. The molecule has 2 N–H and O–H groups in total. The van der Waals surface area contributed by atoms with Crippen LogP contribution in [0, 0.1) is 17.8 Å². The Balaban J connectivity index is 1.77. The first-order chi connectivity index (χ1) is 14.8. The first kappa shape index (κ1) is 22.0. The second-order valence-electron chi connectivity index (χ2n) is 7.83. The normalized spacial score (nSPS) is 28.0. The molecule has 1 aromatic rings. The Morgan fingerprint density at radius 2 is 2.03 bits per heavy atom. The maximum Gasteiger partial charge on any atom is 0.487 e. The van der Waals surface area contributed by atoms with Crippen molar-refractivity contribution in [3.05, 3.63) is 39.3 Å². The first-order valence-corrected chi connectivity index (χ1v) is 10.6. The van der Waals surface area contributed by atoms with Crippen molar-refractivity contribution in [3.8, 4) is 5.75 Å². The predicted molar refractivity (Wildman–Crippen MR) is 110 cm³/mol. The van der Waals surface area contributed by atoms with E-state index in [1.807, 2.05) is 0 Å². The van der Waals surface area contributed by atoms with Crippen LogP contribution in [0.1, 0.15) is 24.5 Å². The van der Waals surface area contributed by atoms with Crippen LogP contribution in [0.5, 0.6) is 5.75 Å². The molecule has 0 aromatic heterocycles. The summed E-state index contributed by atoms with van der Waals surface area (Å²) in [6.07, 6.45) is -1.33. The molecule has 0 bridgehead atoms. The lowest BCUT2D eigenvalue weighted by atomic mass is 9.55. The summed E-state index contributed by atoms with van der Waals surface area (Å²) in [6.45, 7) is 0.155. The molecule has 0 saturated carbocycles. The van der Waals surface area contributed by atoms with Gasteiger partial charge in [0.15, 0.2) is 0 Å². The lowest BCUT2D eigenvalue weighted by Gasteiger charge is -2.42. The third-order valence-corrected chi connectivity index (χ3v) is 6.72. The van der Waals surface area contributed by atoms with Crippen molar-refractivity contribution >= 4 is 41.0 Å². The topological polar surface area (TPSA) is 123 Å². The number of fused-ring (bicyclic) bond motifs is 3. The summed E-state index contributed by atoms with van der Waals surface area (Å²) < 4.78 is 16.4. The van der Waals surface area contributed by atoms with Crippen molar-refractivity contribution in [2.24, 2.45) is 17.8 Å². The number of methoxy groups -OCH3 is 2. The van der Waals surface area contributed by atoms with E-state index >= 15 is 0 Å². The molecule has 1 aromatic carbocycles. The fourth-order valence-corrected chi connectivity index (χ4v) is 5.35. The molecular formula is C20H21BBrNO8. The standard InChI is InChI=1S/C20H21BBrNO8/c1-29-8-9-5-13-16(19(26)23(18(13)25)20(27)30-2)12-7-15(31-21(28)17(9)12)11-6-10(22)3-4-14(11)24/h3-4,6,12-13,15-16,24,28H,5,7-8H2,1-2H3/t12-,13-,15-,16+/m0/s1. The minimum Gasteiger partial charge on any atom is -0.508 e. The van der Waals surface area contributed by atoms with Crippen LogP contribution >= 0.6 is 15.9 Å². The molecule has 2 heterocycles. The molecule has 9 nitrogen and oxygen atoms in total. The molecule has 4 atom stereocenters. The Hall–Kier alpha value is -2.21. The molecule has 1 aliphatic carbocycles. The van der Waals surface area contributed by atoms with E-state index in [0.717, 1.165) is 7.11 Å². The van der Waals surface area contributed by atoms with E-state index in [-0.39, 0.29) is 25.2 Å². The zero-order valence-electron chi connectivity index (χ0n) is 16.9. The number of likely N-dealkylation sites (tertiary alicyclic amines) is 1. The van der Waals surface area contributed by atoms with Crippen LogP contribution in [0.15, 0.2) is 33.7 Å². The average molecular weight is 494 g/mol. The van der Waals surface area contributed by atoms with Gasteiger partial charge in [-0.15, -0.1) is 0 Å². The van der Waals surface area contributed by atoms with Gasteiger partial charge < -0.3 is 24.3 Å². The summed E-state index contributed by atoms with van der Waals surface area (Å²) in [7, 11) is 1.26. The number of imide groups is 3. The number of amides is 3. The molecule has 164 valence electrons. The van der Waals surface area contributed by atoms with Gasteiger partial charge in [0, 0.05) is 17.1 Å². The van der Waals surface area contributed by atoms with Crippen molar-refractivity contribution in [2.75, 3.05) is 20.8 Å². The molecule has 3 aliphatic rings. The zero-order valence-corrected chi connectivity index (χ0v) is 18.5. The van der Waals surface area contributed by atoms with Crippen LogP contribution in [0.3, 0.4) is 0 Å². The number of rotatable bonds is 3. The van der Waals surface area contributed by atoms with Gasteiger partial charge in [0.05, 0.1) is 31.7 Å². The number of aromatic hydroxyl groups is 1. The van der Waals surface area contributed by atoms with Crippen molar-refractivity contribution in [1.82, 2.24) is 4.90 Å². The third kappa shape index (κ3) is 3.59. The number of halogens is 1. The highest BCUT2D eigenvalue weighted by atomic mass is 79.9. The van der Waals surface area contributed by atoms with Gasteiger partial charge in [-0.2, -0.15) is 4.90 Å². The number of carbonyl (C=O) groups excluding carboxylic acids is 3. The van der Waals surface area contributed by atoms with Gasteiger partial charge in [-0.1, -0.05) is 15.9 Å². The predicted octanol–water partition coefficient (Wildman–Crippen LogP) is 1.97. The van der Waals surface area contributed by atoms with Crippen LogP contribution in [0.2, 0.25) is 0 Å². The van der Waals surface area contributed by atoms with Crippen molar-refractivity contribution < 1.29 is 38.6 Å². The molecule has 31 heavy (non-hydrogen) atoms. The second-order valence-corrected chi connectivity index (χ2v) is 8.75. The van der Waals surface area contributed by atoms with E-state index in [1.54, 1.807) is 12.1 Å². The number of allylic oxidation sites excluding steroid dienone is 1. The quantitative estimate of drug-likeness (QED) is 0.484. The van der Waals surface area contributed by atoms with E-state index in [9.17, 15) is 24.5 Å². The summed E-state index contributed by atoms with van der Waals surface area (Å²) in [4.78, 5) is 38.7. The lowest BCUT2D eigenvalue weighted by molar-refractivity contribution is -0.137. The molecule has 11 heteroatoms. The highest BCUT2D eigenvalue weighted by Gasteiger charge is 2.59.